The molecule has 7 nitrogen and oxygen atoms in total. The van der Waals surface area contributed by atoms with E-state index < -0.39 is 9.73 Å². The van der Waals surface area contributed by atoms with Crippen LogP contribution in [-0.4, -0.2) is 32.5 Å². The Balaban J connectivity index is 1.88. The fourth-order valence-corrected chi connectivity index (χ4v) is 3.50. The van der Waals surface area contributed by atoms with Crippen LogP contribution < -0.4 is 10.1 Å². The molecule has 0 aliphatic heterocycles. The second kappa shape index (κ2) is 7.89. The minimum absolute atomic E-state index is 0.187. The lowest BCUT2D eigenvalue weighted by molar-refractivity contribution is 0.416. The summed E-state index contributed by atoms with van der Waals surface area (Å²) in [5, 5.41) is 3.66. The van der Waals surface area contributed by atoms with Crippen molar-refractivity contribution in [2.24, 2.45) is 0 Å². The molecule has 27 heavy (non-hydrogen) atoms. The molecule has 0 saturated heterocycles. The van der Waals surface area contributed by atoms with Gasteiger partial charge in [-0.25, -0.2) is 14.2 Å². The molecule has 0 bridgehead atoms. The highest BCUT2D eigenvalue weighted by molar-refractivity contribution is 7.90. The van der Waals surface area contributed by atoms with Crippen LogP contribution in [0.2, 0.25) is 5.02 Å². The molecule has 0 spiro atoms. The van der Waals surface area contributed by atoms with E-state index in [1.54, 1.807) is 25.3 Å². The third kappa shape index (κ3) is 5.15. The van der Waals surface area contributed by atoms with Gasteiger partial charge >= 0.3 is 0 Å². The standard InChI is InChI=1S/C18H18ClN5O2S/c1-26-16-9-13(19)6-7-15(16)17-21-11-22-18(24-17)23-14-5-3-4-12(8-14)10-27(2,20)25/h3-9,11,20H,10H2,1-2H3,(H,21,22,23,24). The topological polar surface area (TPSA) is 101 Å². The predicted molar refractivity (Wildman–Crippen MR) is 107 cm³/mol. The van der Waals surface area contributed by atoms with Gasteiger partial charge in [0.05, 0.1) is 18.4 Å². The Kier molecular flexibility index (Phi) is 5.57. The van der Waals surface area contributed by atoms with E-state index >= 15 is 0 Å². The molecule has 0 amide bonds. The third-order valence-electron chi connectivity index (χ3n) is 3.60. The van der Waals surface area contributed by atoms with Gasteiger partial charge in [0.25, 0.3) is 0 Å². The summed E-state index contributed by atoms with van der Waals surface area (Å²) in [6, 6.07) is 12.5. The molecule has 3 aromatic rings. The molecule has 0 fully saturated rings. The van der Waals surface area contributed by atoms with Gasteiger partial charge < -0.3 is 10.1 Å². The minimum atomic E-state index is -2.61. The van der Waals surface area contributed by atoms with Crippen molar-refractivity contribution in [3.05, 3.63) is 59.4 Å². The van der Waals surface area contributed by atoms with Crippen LogP contribution in [0.4, 0.5) is 11.6 Å². The van der Waals surface area contributed by atoms with E-state index in [0.717, 1.165) is 11.3 Å². The molecular formula is C18H18ClN5O2S. The molecule has 0 aliphatic rings. The molecule has 1 aromatic heterocycles. The number of hydrogen-bond acceptors (Lipinski definition) is 7. The zero-order valence-corrected chi connectivity index (χ0v) is 16.3. The molecule has 140 valence electrons. The van der Waals surface area contributed by atoms with Crippen molar-refractivity contribution in [2.45, 2.75) is 5.75 Å². The van der Waals surface area contributed by atoms with Gasteiger partial charge in [0.1, 0.15) is 12.1 Å². The van der Waals surface area contributed by atoms with Crippen LogP contribution in [0, 0.1) is 4.78 Å². The first-order chi connectivity index (χ1) is 12.8. The second-order valence-corrected chi connectivity index (χ2v) is 8.69. The van der Waals surface area contributed by atoms with Gasteiger partial charge in [0.15, 0.2) is 5.82 Å². The Morgan fingerprint density at radius 3 is 2.78 bits per heavy atom. The van der Waals surface area contributed by atoms with Gasteiger partial charge in [-0.2, -0.15) is 4.98 Å². The van der Waals surface area contributed by atoms with Gasteiger partial charge in [0.2, 0.25) is 5.95 Å². The van der Waals surface area contributed by atoms with E-state index in [2.05, 4.69) is 20.3 Å². The van der Waals surface area contributed by atoms with Crippen molar-refractivity contribution in [3.8, 4) is 17.1 Å². The highest BCUT2D eigenvalue weighted by Gasteiger charge is 2.11. The molecule has 1 atom stereocenters. The molecule has 9 heteroatoms. The Labute approximate surface area is 162 Å². The summed E-state index contributed by atoms with van der Waals surface area (Å²) in [7, 11) is -1.06. The van der Waals surface area contributed by atoms with Gasteiger partial charge in [0, 0.05) is 26.7 Å². The molecular weight excluding hydrogens is 386 g/mol. The van der Waals surface area contributed by atoms with Crippen molar-refractivity contribution in [3.63, 3.8) is 0 Å². The van der Waals surface area contributed by atoms with Crippen LogP contribution in [0.5, 0.6) is 5.75 Å². The Morgan fingerprint density at radius 2 is 2.04 bits per heavy atom. The van der Waals surface area contributed by atoms with E-state index in [4.69, 9.17) is 21.1 Å². The van der Waals surface area contributed by atoms with E-state index in [9.17, 15) is 4.21 Å². The SMILES string of the molecule is COc1cc(Cl)ccc1-c1ncnc(Nc2cccc(CS(C)(=N)=O)c2)n1. The number of benzene rings is 2. The van der Waals surface area contributed by atoms with E-state index in [0.29, 0.717) is 28.1 Å². The monoisotopic (exact) mass is 403 g/mol. The predicted octanol–water partition coefficient (Wildman–Crippen LogP) is 4.12. The van der Waals surface area contributed by atoms with Crippen molar-refractivity contribution in [1.82, 2.24) is 15.0 Å². The van der Waals surface area contributed by atoms with Crippen molar-refractivity contribution >= 4 is 33.0 Å². The molecule has 0 aliphatic carbocycles. The van der Waals surface area contributed by atoms with E-state index in [1.807, 2.05) is 24.3 Å². The van der Waals surface area contributed by atoms with Crippen LogP contribution in [0.3, 0.4) is 0 Å². The smallest absolute Gasteiger partial charge is 0.230 e. The zero-order chi connectivity index (χ0) is 19.4. The summed E-state index contributed by atoms with van der Waals surface area (Å²) in [6.07, 6.45) is 2.83. The number of halogens is 1. The second-order valence-electron chi connectivity index (χ2n) is 5.95. The fraction of sp³-hybridized carbons (Fsp3) is 0.167. The van der Waals surface area contributed by atoms with Gasteiger partial charge in [-0.05, 0) is 35.9 Å². The van der Waals surface area contributed by atoms with Crippen molar-refractivity contribution in [1.29, 1.82) is 4.78 Å². The quantitative estimate of drug-likeness (QED) is 0.642. The fourth-order valence-electron chi connectivity index (χ4n) is 2.52. The number of rotatable bonds is 6. The van der Waals surface area contributed by atoms with Gasteiger partial charge in [-0.3, -0.25) is 4.78 Å². The van der Waals surface area contributed by atoms with Crippen LogP contribution in [0.15, 0.2) is 48.8 Å². The van der Waals surface area contributed by atoms with Crippen LogP contribution >= 0.6 is 11.6 Å². The van der Waals surface area contributed by atoms with E-state index in [1.165, 1.54) is 12.6 Å². The number of anilines is 2. The van der Waals surface area contributed by atoms with Crippen molar-refractivity contribution in [2.75, 3.05) is 18.7 Å². The highest BCUT2D eigenvalue weighted by atomic mass is 35.5. The zero-order valence-electron chi connectivity index (χ0n) is 14.8. The van der Waals surface area contributed by atoms with Crippen LogP contribution in [0.25, 0.3) is 11.4 Å². The normalized spacial score (nSPS) is 13.0. The summed E-state index contributed by atoms with van der Waals surface area (Å²) in [5.41, 5.74) is 2.23. The summed E-state index contributed by atoms with van der Waals surface area (Å²) < 4.78 is 24.6. The Hall–Kier alpha value is -2.71. The number of ether oxygens (including phenoxy) is 1. The lowest BCUT2D eigenvalue weighted by atomic mass is 10.2. The third-order valence-corrected chi connectivity index (χ3v) is 4.72. The lowest BCUT2D eigenvalue weighted by Gasteiger charge is -2.10. The molecule has 2 N–H and O–H groups in total. The van der Waals surface area contributed by atoms with Gasteiger partial charge in [-0.15, -0.1) is 0 Å². The largest absolute Gasteiger partial charge is 0.496 e. The summed E-state index contributed by atoms with van der Waals surface area (Å²) >= 11 is 6.00. The maximum atomic E-state index is 11.7. The molecule has 2 aromatic carbocycles. The number of hydrogen-bond donors (Lipinski definition) is 2. The summed E-state index contributed by atoms with van der Waals surface area (Å²) in [5.74, 6) is 1.56. The van der Waals surface area contributed by atoms with Crippen molar-refractivity contribution < 1.29 is 8.95 Å². The van der Waals surface area contributed by atoms with Crippen LogP contribution in [0.1, 0.15) is 5.56 Å². The Morgan fingerprint density at radius 1 is 1.22 bits per heavy atom. The Bertz CT molecular complexity index is 1070. The molecule has 1 heterocycles. The molecule has 3 rings (SSSR count). The average Bonchev–Trinajstić information content (AvgIpc) is 2.60. The summed E-state index contributed by atoms with van der Waals surface area (Å²) in [6.45, 7) is 0. The maximum Gasteiger partial charge on any atom is 0.230 e. The first-order valence-electron chi connectivity index (χ1n) is 7.94. The number of aromatic nitrogens is 3. The van der Waals surface area contributed by atoms with Crippen LogP contribution in [-0.2, 0) is 15.5 Å². The average molecular weight is 404 g/mol. The first-order valence-corrected chi connectivity index (χ1v) is 10.5. The molecule has 1 unspecified atom stereocenters. The maximum absolute atomic E-state index is 11.7. The van der Waals surface area contributed by atoms with Gasteiger partial charge in [-0.1, -0.05) is 23.7 Å². The highest BCUT2D eigenvalue weighted by Crippen LogP contribution is 2.30. The van der Waals surface area contributed by atoms with E-state index in [-0.39, 0.29) is 5.75 Å². The summed E-state index contributed by atoms with van der Waals surface area (Å²) in [4.78, 5) is 12.8. The molecule has 0 saturated carbocycles. The lowest BCUT2D eigenvalue weighted by Crippen LogP contribution is -2.02. The number of nitrogens with one attached hydrogen (secondary N) is 2. The number of nitrogens with zero attached hydrogens (tertiary/aromatic N) is 3. The number of methoxy groups -OCH3 is 1. The molecule has 0 radical (unpaired) electrons. The minimum Gasteiger partial charge on any atom is -0.496 e. The first kappa shape index (κ1) is 19.1.